The fourth-order valence-electron chi connectivity index (χ4n) is 3.94. The lowest BCUT2D eigenvalue weighted by molar-refractivity contribution is 0.471. The van der Waals surface area contributed by atoms with Crippen LogP contribution in [-0.2, 0) is 6.54 Å². The molecule has 0 saturated heterocycles. The average Bonchev–Trinajstić information content (AvgIpc) is 3.00. The second kappa shape index (κ2) is 8.36. The van der Waals surface area contributed by atoms with Gasteiger partial charge in [0.25, 0.3) is 0 Å². The summed E-state index contributed by atoms with van der Waals surface area (Å²) >= 11 is 0. The molecule has 5 rings (SSSR count). The molecule has 0 saturated carbocycles. The quantitative estimate of drug-likeness (QED) is 0.320. The zero-order valence-electron chi connectivity index (χ0n) is 17.2. The summed E-state index contributed by atoms with van der Waals surface area (Å²) in [6, 6.07) is 16.5. The molecule has 0 aliphatic heterocycles. The molecular formula is C25H21ClFN3O. The molecule has 0 spiro atoms. The van der Waals surface area contributed by atoms with E-state index in [9.17, 15) is 4.39 Å². The van der Waals surface area contributed by atoms with E-state index in [4.69, 9.17) is 4.74 Å². The first-order valence-electron chi connectivity index (χ1n) is 9.81. The Labute approximate surface area is 185 Å². The second-order valence-corrected chi connectivity index (χ2v) is 7.39. The molecule has 0 radical (unpaired) electrons. The molecule has 0 unspecified atom stereocenters. The summed E-state index contributed by atoms with van der Waals surface area (Å²) in [5.74, 6) is 1.02. The van der Waals surface area contributed by atoms with E-state index >= 15 is 0 Å². The molecule has 6 heteroatoms. The number of aromatic nitrogens is 3. The van der Waals surface area contributed by atoms with Gasteiger partial charge in [0.05, 0.1) is 0 Å². The fraction of sp³-hybridized carbons (Fsp3) is 0.120. The van der Waals surface area contributed by atoms with E-state index in [1.54, 1.807) is 24.5 Å². The van der Waals surface area contributed by atoms with Gasteiger partial charge in [-0.1, -0.05) is 24.3 Å². The van der Waals surface area contributed by atoms with Crippen LogP contribution in [0.1, 0.15) is 16.8 Å². The minimum atomic E-state index is -0.239. The van der Waals surface area contributed by atoms with Gasteiger partial charge in [0.1, 0.15) is 17.1 Å². The van der Waals surface area contributed by atoms with Crippen LogP contribution < -0.4 is 4.74 Å². The molecule has 0 N–H and O–H groups in total. The van der Waals surface area contributed by atoms with Gasteiger partial charge >= 0.3 is 0 Å². The summed E-state index contributed by atoms with van der Waals surface area (Å²) in [6.45, 7) is 4.70. The highest BCUT2D eigenvalue weighted by molar-refractivity contribution is 5.91. The van der Waals surface area contributed by atoms with Crippen LogP contribution >= 0.6 is 12.4 Å². The third-order valence-electron chi connectivity index (χ3n) is 5.59. The number of halogens is 2. The summed E-state index contributed by atoms with van der Waals surface area (Å²) in [5, 5.41) is 3.06. The first-order chi connectivity index (χ1) is 14.6. The lowest BCUT2D eigenvalue weighted by Crippen LogP contribution is -2.04. The third-order valence-corrected chi connectivity index (χ3v) is 5.59. The number of benzene rings is 2. The van der Waals surface area contributed by atoms with Crippen molar-refractivity contribution in [1.82, 2.24) is 14.5 Å². The highest BCUT2D eigenvalue weighted by Crippen LogP contribution is 2.36. The van der Waals surface area contributed by atoms with Gasteiger partial charge in [-0.05, 0) is 55.3 Å². The van der Waals surface area contributed by atoms with E-state index in [0.717, 1.165) is 44.2 Å². The van der Waals surface area contributed by atoms with Crippen LogP contribution in [0.15, 0.2) is 73.2 Å². The molecule has 3 heterocycles. The van der Waals surface area contributed by atoms with Crippen LogP contribution in [0, 0.1) is 19.7 Å². The van der Waals surface area contributed by atoms with Crippen LogP contribution in [0.5, 0.6) is 11.6 Å². The number of aryl methyl sites for hydroxylation is 1. The van der Waals surface area contributed by atoms with Crippen LogP contribution in [0.2, 0.25) is 0 Å². The number of pyridine rings is 2. The predicted octanol–water partition coefficient (Wildman–Crippen LogP) is 6.60. The monoisotopic (exact) mass is 433 g/mol. The van der Waals surface area contributed by atoms with Gasteiger partial charge in [0.2, 0.25) is 5.88 Å². The lowest BCUT2D eigenvalue weighted by atomic mass is 10.1. The Balaban J connectivity index is 0.00000231. The van der Waals surface area contributed by atoms with Crippen molar-refractivity contribution in [3.8, 4) is 11.6 Å². The highest BCUT2D eigenvalue weighted by atomic mass is 35.5. The zero-order chi connectivity index (χ0) is 20.7. The summed E-state index contributed by atoms with van der Waals surface area (Å²) < 4.78 is 22.2. The summed E-state index contributed by atoms with van der Waals surface area (Å²) in [5.41, 5.74) is 4.06. The van der Waals surface area contributed by atoms with Gasteiger partial charge < -0.3 is 9.30 Å². The maximum Gasteiger partial charge on any atom is 0.244 e. The van der Waals surface area contributed by atoms with Gasteiger partial charge in [-0.15, -0.1) is 12.4 Å². The van der Waals surface area contributed by atoms with Crippen molar-refractivity contribution in [2.45, 2.75) is 20.4 Å². The topological polar surface area (TPSA) is 39.9 Å². The smallest absolute Gasteiger partial charge is 0.244 e. The first kappa shape index (κ1) is 20.8. The first-order valence-corrected chi connectivity index (χ1v) is 9.81. The Bertz CT molecular complexity index is 1390. The van der Waals surface area contributed by atoms with Crippen molar-refractivity contribution in [2.24, 2.45) is 0 Å². The maximum atomic E-state index is 13.8. The Morgan fingerprint density at radius 3 is 2.61 bits per heavy atom. The number of nitrogens with zero attached hydrogens (tertiary/aromatic N) is 3. The largest absolute Gasteiger partial charge is 0.436 e. The number of hydrogen-bond acceptors (Lipinski definition) is 3. The molecule has 0 bridgehead atoms. The molecule has 0 amide bonds. The van der Waals surface area contributed by atoms with Gasteiger partial charge in [0, 0.05) is 47.0 Å². The van der Waals surface area contributed by atoms with Crippen molar-refractivity contribution < 1.29 is 9.13 Å². The minimum Gasteiger partial charge on any atom is -0.436 e. The highest BCUT2D eigenvalue weighted by Gasteiger charge is 2.18. The van der Waals surface area contributed by atoms with Crippen LogP contribution in [0.3, 0.4) is 0 Å². The molecule has 2 aromatic carbocycles. The molecule has 156 valence electrons. The van der Waals surface area contributed by atoms with Crippen LogP contribution in [0.4, 0.5) is 4.39 Å². The van der Waals surface area contributed by atoms with Gasteiger partial charge in [-0.3, -0.25) is 4.98 Å². The normalized spacial score (nSPS) is 10.9. The molecule has 0 aliphatic carbocycles. The standard InChI is InChI=1S/C25H20FN3O.ClH/c1-16-17(2)29(15-18-5-3-7-20(26)13-18)24-21(16)10-12-28-25(24)30-23-8-4-6-19-14-27-11-9-22(19)23;/h3-14H,15H2,1-2H3;1H. The number of fused-ring (bicyclic) bond motifs is 2. The average molecular weight is 434 g/mol. The van der Waals surface area contributed by atoms with Gasteiger partial charge in [-0.25, -0.2) is 9.37 Å². The van der Waals surface area contributed by atoms with Crippen molar-refractivity contribution in [3.63, 3.8) is 0 Å². The number of rotatable bonds is 4. The second-order valence-electron chi connectivity index (χ2n) is 7.39. The van der Waals surface area contributed by atoms with Crippen LogP contribution in [-0.4, -0.2) is 14.5 Å². The van der Waals surface area contributed by atoms with E-state index < -0.39 is 0 Å². The Morgan fingerprint density at radius 2 is 1.77 bits per heavy atom. The van der Waals surface area contributed by atoms with Crippen molar-refractivity contribution in [2.75, 3.05) is 0 Å². The summed E-state index contributed by atoms with van der Waals surface area (Å²) in [4.78, 5) is 8.74. The lowest BCUT2D eigenvalue weighted by Gasteiger charge is -2.13. The minimum absolute atomic E-state index is 0. The van der Waals surface area contributed by atoms with Crippen molar-refractivity contribution in [3.05, 3.63) is 95.8 Å². The molecule has 31 heavy (non-hydrogen) atoms. The Kier molecular flexibility index (Phi) is 5.61. The Morgan fingerprint density at radius 1 is 0.968 bits per heavy atom. The summed E-state index contributed by atoms with van der Waals surface area (Å²) in [6.07, 6.45) is 5.34. The zero-order valence-corrected chi connectivity index (χ0v) is 18.0. The molecule has 0 fully saturated rings. The van der Waals surface area contributed by atoms with E-state index in [1.165, 1.54) is 6.07 Å². The molecule has 4 nitrogen and oxygen atoms in total. The predicted molar refractivity (Wildman–Crippen MR) is 124 cm³/mol. The molecule has 0 aliphatic rings. The van der Waals surface area contributed by atoms with E-state index in [1.807, 2.05) is 42.6 Å². The SMILES string of the molecule is Cc1c(C)n(Cc2cccc(F)c2)c2c(Oc3cccc4cnccc34)nccc12.Cl. The van der Waals surface area contributed by atoms with E-state index in [-0.39, 0.29) is 18.2 Å². The molecule has 3 aromatic heterocycles. The summed E-state index contributed by atoms with van der Waals surface area (Å²) in [7, 11) is 0. The number of ether oxygens (including phenoxy) is 1. The van der Waals surface area contributed by atoms with Gasteiger partial charge in [0.15, 0.2) is 0 Å². The maximum absolute atomic E-state index is 13.8. The van der Waals surface area contributed by atoms with E-state index in [0.29, 0.717) is 12.4 Å². The van der Waals surface area contributed by atoms with Crippen LogP contribution in [0.25, 0.3) is 21.7 Å². The van der Waals surface area contributed by atoms with Crippen molar-refractivity contribution >= 4 is 34.1 Å². The van der Waals surface area contributed by atoms with Crippen molar-refractivity contribution in [1.29, 1.82) is 0 Å². The fourth-order valence-corrected chi connectivity index (χ4v) is 3.94. The molecular weight excluding hydrogens is 413 g/mol. The van der Waals surface area contributed by atoms with E-state index in [2.05, 4.69) is 28.4 Å². The molecule has 0 atom stereocenters. The van der Waals surface area contributed by atoms with Gasteiger partial charge in [-0.2, -0.15) is 0 Å². The number of hydrogen-bond donors (Lipinski definition) is 0. The molecule has 5 aromatic rings. The Hall–Kier alpha value is -3.44. The third kappa shape index (κ3) is 3.73.